The molecule has 8 nitrogen and oxygen atoms in total. The summed E-state index contributed by atoms with van der Waals surface area (Å²) in [5, 5.41) is 5.20. The number of aromatic nitrogens is 1. The lowest BCUT2D eigenvalue weighted by molar-refractivity contribution is 0.0900. The van der Waals surface area contributed by atoms with E-state index in [1.165, 1.54) is 13.2 Å². The quantitative estimate of drug-likeness (QED) is 0.754. The zero-order valence-corrected chi connectivity index (χ0v) is 18.0. The maximum Gasteiger partial charge on any atom is 0.409 e. The number of hydrogen-bond donors (Lipinski definition) is 2. The molecule has 3 amide bonds. The highest BCUT2D eigenvalue weighted by Gasteiger charge is 2.25. The van der Waals surface area contributed by atoms with Crippen molar-refractivity contribution in [3.05, 3.63) is 53.6 Å². The van der Waals surface area contributed by atoms with Crippen LogP contribution in [0, 0.1) is 12.7 Å². The van der Waals surface area contributed by atoms with E-state index in [1.54, 1.807) is 35.4 Å². The van der Waals surface area contributed by atoms with Gasteiger partial charge in [-0.15, -0.1) is 0 Å². The van der Waals surface area contributed by atoms with Crippen LogP contribution in [0.5, 0.6) is 0 Å². The summed E-state index contributed by atoms with van der Waals surface area (Å²) in [6.45, 7) is 3.74. The number of ether oxygens (including phenoxy) is 1. The van der Waals surface area contributed by atoms with Gasteiger partial charge in [0.25, 0.3) is 0 Å². The van der Waals surface area contributed by atoms with Crippen LogP contribution in [-0.2, 0) is 11.3 Å². The van der Waals surface area contributed by atoms with Crippen LogP contribution in [0.25, 0.3) is 0 Å². The molecule has 0 radical (unpaired) electrons. The van der Waals surface area contributed by atoms with Gasteiger partial charge < -0.3 is 20.3 Å². The van der Waals surface area contributed by atoms with E-state index in [4.69, 9.17) is 4.74 Å². The van der Waals surface area contributed by atoms with Gasteiger partial charge in [0.05, 0.1) is 24.7 Å². The highest BCUT2D eigenvalue weighted by molar-refractivity contribution is 5.99. The van der Waals surface area contributed by atoms with Gasteiger partial charge in [-0.05, 0) is 56.6 Å². The van der Waals surface area contributed by atoms with Gasteiger partial charge in [0.2, 0.25) is 0 Å². The van der Waals surface area contributed by atoms with Crippen LogP contribution in [0.3, 0.4) is 0 Å². The van der Waals surface area contributed by atoms with Crippen molar-refractivity contribution in [1.82, 2.24) is 14.8 Å². The minimum Gasteiger partial charge on any atom is -0.453 e. The number of urea groups is 1. The van der Waals surface area contributed by atoms with Crippen LogP contribution in [0.4, 0.5) is 25.4 Å². The molecule has 0 aliphatic carbocycles. The average Bonchev–Trinajstić information content (AvgIpc) is 2.77. The first-order chi connectivity index (χ1) is 14.9. The van der Waals surface area contributed by atoms with Crippen LogP contribution in [0.1, 0.15) is 24.1 Å². The molecule has 1 saturated heterocycles. The monoisotopic (exact) mass is 429 g/mol. The van der Waals surface area contributed by atoms with Crippen molar-refractivity contribution in [3.8, 4) is 0 Å². The zero-order chi connectivity index (χ0) is 22.4. The summed E-state index contributed by atoms with van der Waals surface area (Å²) in [7, 11) is 3.39. The molecule has 0 bridgehead atoms. The van der Waals surface area contributed by atoms with E-state index in [-0.39, 0.29) is 11.8 Å². The number of amides is 3. The van der Waals surface area contributed by atoms with E-state index in [1.807, 2.05) is 14.0 Å². The molecule has 9 heteroatoms. The SMILES string of the molecule is COC(=O)N1CCC(N(C)Cc2ccc(F)c(NC(=O)Nc3ccc(C)nc3)c2)CC1. The highest BCUT2D eigenvalue weighted by atomic mass is 19.1. The summed E-state index contributed by atoms with van der Waals surface area (Å²) in [5.74, 6) is -0.505. The fourth-order valence-corrected chi connectivity index (χ4v) is 3.63. The molecule has 0 saturated carbocycles. The highest BCUT2D eigenvalue weighted by Crippen LogP contribution is 2.21. The number of halogens is 1. The molecule has 1 aromatic heterocycles. The van der Waals surface area contributed by atoms with E-state index in [2.05, 4.69) is 20.5 Å². The van der Waals surface area contributed by atoms with E-state index in [0.29, 0.717) is 31.4 Å². The van der Waals surface area contributed by atoms with Crippen molar-refractivity contribution in [2.24, 2.45) is 0 Å². The number of methoxy groups -OCH3 is 1. The Morgan fingerprint density at radius 1 is 1.23 bits per heavy atom. The van der Waals surface area contributed by atoms with Crippen molar-refractivity contribution < 1.29 is 18.7 Å². The number of nitrogens with one attached hydrogen (secondary N) is 2. The molecule has 1 fully saturated rings. The van der Waals surface area contributed by atoms with Crippen LogP contribution in [-0.4, -0.2) is 60.2 Å². The van der Waals surface area contributed by atoms with Gasteiger partial charge in [-0.3, -0.25) is 9.88 Å². The predicted octanol–water partition coefficient (Wildman–Crippen LogP) is 3.84. The molecule has 0 unspecified atom stereocenters. The van der Waals surface area contributed by atoms with Gasteiger partial charge in [0.15, 0.2) is 0 Å². The van der Waals surface area contributed by atoms with Gasteiger partial charge in [0, 0.05) is 31.4 Å². The molecule has 2 N–H and O–H groups in total. The Balaban J connectivity index is 1.57. The Morgan fingerprint density at radius 3 is 2.61 bits per heavy atom. The molecule has 166 valence electrons. The van der Waals surface area contributed by atoms with Gasteiger partial charge in [-0.2, -0.15) is 0 Å². The third-order valence-electron chi connectivity index (χ3n) is 5.40. The van der Waals surface area contributed by atoms with E-state index < -0.39 is 11.8 Å². The van der Waals surface area contributed by atoms with Gasteiger partial charge in [-0.1, -0.05) is 6.07 Å². The number of aryl methyl sites for hydroxylation is 1. The Morgan fingerprint density at radius 2 is 1.97 bits per heavy atom. The smallest absolute Gasteiger partial charge is 0.409 e. The fraction of sp³-hybridized carbons (Fsp3) is 0.409. The summed E-state index contributed by atoms with van der Waals surface area (Å²) in [5.41, 5.74) is 2.36. The largest absolute Gasteiger partial charge is 0.453 e. The van der Waals surface area contributed by atoms with E-state index >= 15 is 0 Å². The van der Waals surface area contributed by atoms with Crippen LogP contribution in [0.15, 0.2) is 36.5 Å². The molecule has 0 spiro atoms. The van der Waals surface area contributed by atoms with Crippen molar-refractivity contribution in [2.45, 2.75) is 32.4 Å². The molecule has 1 aromatic carbocycles. The zero-order valence-electron chi connectivity index (χ0n) is 18.0. The Bertz CT molecular complexity index is 914. The van der Waals surface area contributed by atoms with Crippen LogP contribution in [0.2, 0.25) is 0 Å². The molecular weight excluding hydrogens is 401 g/mol. The van der Waals surface area contributed by atoms with Gasteiger partial charge in [-0.25, -0.2) is 14.0 Å². The molecule has 1 aliphatic heterocycles. The minimum atomic E-state index is -0.537. The number of nitrogens with zero attached hydrogens (tertiary/aromatic N) is 3. The lowest BCUT2D eigenvalue weighted by atomic mass is 10.0. The molecule has 3 rings (SSSR count). The van der Waals surface area contributed by atoms with Crippen LogP contribution < -0.4 is 10.6 Å². The number of hydrogen-bond acceptors (Lipinski definition) is 5. The first-order valence-electron chi connectivity index (χ1n) is 10.2. The lowest BCUT2D eigenvalue weighted by Gasteiger charge is -2.36. The summed E-state index contributed by atoms with van der Waals surface area (Å²) < 4.78 is 19.0. The number of pyridine rings is 1. The number of carbonyl (C=O) groups is 2. The predicted molar refractivity (Wildman–Crippen MR) is 116 cm³/mol. The Kier molecular flexibility index (Phi) is 7.41. The molecular formula is C22H28FN5O3. The van der Waals surface area contributed by atoms with E-state index in [9.17, 15) is 14.0 Å². The summed E-state index contributed by atoms with van der Waals surface area (Å²) in [6, 6.07) is 7.99. The third-order valence-corrected chi connectivity index (χ3v) is 5.40. The van der Waals surface area contributed by atoms with Crippen molar-refractivity contribution in [1.29, 1.82) is 0 Å². The third kappa shape index (κ3) is 6.14. The number of rotatable bonds is 5. The minimum absolute atomic E-state index is 0.115. The average molecular weight is 429 g/mol. The first-order valence-corrected chi connectivity index (χ1v) is 10.2. The molecule has 2 aromatic rings. The lowest BCUT2D eigenvalue weighted by Crippen LogP contribution is -2.45. The second-order valence-corrected chi connectivity index (χ2v) is 7.68. The van der Waals surface area contributed by atoms with Crippen LogP contribution >= 0.6 is 0 Å². The van der Waals surface area contributed by atoms with Crippen molar-refractivity contribution in [3.63, 3.8) is 0 Å². The van der Waals surface area contributed by atoms with Gasteiger partial charge in [0.1, 0.15) is 5.82 Å². The van der Waals surface area contributed by atoms with Gasteiger partial charge >= 0.3 is 12.1 Å². The Hall–Kier alpha value is -3.20. The second-order valence-electron chi connectivity index (χ2n) is 7.68. The standard InChI is InChI=1S/C22H28FN5O3/c1-15-4-6-17(13-24-15)25-21(29)26-20-12-16(5-7-19(20)23)14-27(2)18-8-10-28(11-9-18)22(30)31-3/h4-7,12-13,18H,8-11,14H2,1-3H3,(H2,25,26,29). The first kappa shape index (κ1) is 22.5. The maximum atomic E-state index is 14.2. The number of carbonyl (C=O) groups excluding carboxylic acids is 2. The molecule has 31 heavy (non-hydrogen) atoms. The number of piperidine rings is 1. The fourth-order valence-electron chi connectivity index (χ4n) is 3.63. The van der Waals surface area contributed by atoms with Crippen molar-refractivity contribution >= 4 is 23.5 Å². The number of likely N-dealkylation sites (tertiary alicyclic amines) is 1. The molecule has 2 heterocycles. The number of benzene rings is 1. The normalized spacial score (nSPS) is 14.4. The molecule has 0 atom stereocenters. The topological polar surface area (TPSA) is 86.8 Å². The summed E-state index contributed by atoms with van der Waals surface area (Å²) >= 11 is 0. The molecule has 1 aliphatic rings. The summed E-state index contributed by atoms with van der Waals surface area (Å²) in [6.07, 6.45) is 2.92. The van der Waals surface area contributed by atoms with E-state index in [0.717, 1.165) is 24.1 Å². The number of anilines is 2. The second kappa shape index (κ2) is 10.2. The summed E-state index contributed by atoms with van der Waals surface area (Å²) in [4.78, 5) is 31.9. The maximum absolute atomic E-state index is 14.2. The van der Waals surface area contributed by atoms with Crippen molar-refractivity contribution in [2.75, 3.05) is 37.9 Å². The Labute approximate surface area is 181 Å².